The van der Waals surface area contributed by atoms with Crippen LogP contribution in [0.5, 0.6) is 0 Å². The van der Waals surface area contributed by atoms with Gasteiger partial charge in [-0.15, -0.1) is 0 Å². The Morgan fingerprint density at radius 3 is 2.52 bits per heavy atom. The summed E-state index contributed by atoms with van der Waals surface area (Å²) in [4.78, 5) is 24.1. The highest BCUT2D eigenvalue weighted by Crippen LogP contribution is 2.29. The number of halogens is 3. The van der Waals surface area contributed by atoms with E-state index in [1.165, 1.54) is 19.2 Å². The second-order valence-electron chi connectivity index (χ2n) is 5.18. The lowest BCUT2D eigenvalue weighted by atomic mass is 10.1. The molecule has 8 heteroatoms. The number of urea groups is 1. The third kappa shape index (κ3) is 5.80. The van der Waals surface area contributed by atoms with Gasteiger partial charge in [-0.1, -0.05) is 25.5 Å². The second kappa shape index (κ2) is 7.85. The van der Waals surface area contributed by atoms with Crippen LogP contribution in [0.4, 0.5) is 18.0 Å². The Kier molecular flexibility index (Phi) is 6.41. The van der Waals surface area contributed by atoms with E-state index in [0.29, 0.717) is 12.0 Å². The number of alkyl halides is 3. The normalized spacial score (nSPS) is 12.6. The van der Waals surface area contributed by atoms with Crippen molar-refractivity contribution >= 4 is 12.0 Å². The zero-order chi connectivity index (χ0) is 17.6. The first-order chi connectivity index (χ1) is 10.6. The lowest BCUT2D eigenvalue weighted by molar-refractivity contribution is -0.139. The van der Waals surface area contributed by atoms with Crippen LogP contribution in [0.3, 0.4) is 0 Å². The summed E-state index contributed by atoms with van der Waals surface area (Å²) in [5, 5.41) is 11.3. The number of hydrogen-bond donors (Lipinski definition) is 2. The molecular weight excluding hydrogens is 313 g/mol. The van der Waals surface area contributed by atoms with E-state index in [2.05, 4.69) is 5.32 Å². The van der Waals surface area contributed by atoms with Crippen molar-refractivity contribution in [2.24, 2.45) is 0 Å². The molecule has 0 aliphatic heterocycles. The molecule has 0 saturated carbocycles. The van der Waals surface area contributed by atoms with Crippen molar-refractivity contribution in [1.82, 2.24) is 10.2 Å². The molecule has 1 aromatic carbocycles. The summed E-state index contributed by atoms with van der Waals surface area (Å²) in [5.74, 6) is -1.15. The molecule has 0 heterocycles. The number of carboxylic acids is 1. The molecule has 5 nitrogen and oxygen atoms in total. The molecule has 0 aliphatic carbocycles. The van der Waals surface area contributed by atoms with E-state index in [1.807, 2.05) is 0 Å². The number of nitrogens with zero attached hydrogens (tertiary/aromatic N) is 1. The van der Waals surface area contributed by atoms with E-state index < -0.39 is 29.8 Å². The average Bonchev–Trinajstić information content (AvgIpc) is 2.45. The van der Waals surface area contributed by atoms with Gasteiger partial charge in [0.05, 0.1) is 5.56 Å². The highest BCUT2D eigenvalue weighted by molar-refractivity contribution is 5.82. The van der Waals surface area contributed by atoms with Crippen LogP contribution in [0.15, 0.2) is 24.3 Å². The van der Waals surface area contributed by atoms with Crippen LogP contribution in [-0.4, -0.2) is 35.1 Å². The van der Waals surface area contributed by atoms with E-state index in [0.717, 1.165) is 17.0 Å². The van der Waals surface area contributed by atoms with Crippen molar-refractivity contribution in [3.63, 3.8) is 0 Å². The lowest BCUT2D eigenvalue weighted by Gasteiger charge is -2.21. The molecule has 0 bridgehead atoms. The SMILES string of the molecule is CCC[C@H](NC(=O)N(C)Cc1cccc(C(F)(F)F)c1)C(=O)O. The molecule has 1 aromatic rings. The van der Waals surface area contributed by atoms with Crippen molar-refractivity contribution in [2.45, 2.75) is 38.5 Å². The fourth-order valence-electron chi connectivity index (χ4n) is 2.00. The molecule has 128 valence electrons. The van der Waals surface area contributed by atoms with Crippen molar-refractivity contribution in [3.8, 4) is 0 Å². The van der Waals surface area contributed by atoms with Crippen molar-refractivity contribution in [3.05, 3.63) is 35.4 Å². The van der Waals surface area contributed by atoms with E-state index >= 15 is 0 Å². The Morgan fingerprint density at radius 2 is 2.00 bits per heavy atom. The molecule has 1 rings (SSSR count). The minimum Gasteiger partial charge on any atom is -0.480 e. The Bertz CT molecular complexity index is 561. The average molecular weight is 332 g/mol. The number of carbonyl (C=O) groups excluding carboxylic acids is 1. The molecule has 0 saturated heterocycles. The van der Waals surface area contributed by atoms with Gasteiger partial charge in [-0.05, 0) is 24.1 Å². The highest BCUT2D eigenvalue weighted by atomic mass is 19.4. The van der Waals surface area contributed by atoms with E-state index in [-0.39, 0.29) is 13.0 Å². The fraction of sp³-hybridized carbons (Fsp3) is 0.467. The van der Waals surface area contributed by atoms with Gasteiger partial charge in [0.2, 0.25) is 0 Å². The molecule has 23 heavy (non-hydrogen) atoms. The standard InChI is InChI=1S/C15H19F3N2O3/c1-3-5-12(13(21)22)19-14(23)20(2)9-10-6-4-7-11(8-10)15(16,17)18/h4,6-8,12H,3,5,9H2,1-2H3,(H,19,23)(H,21,22)/t12-/m0/s1. The van der Waals surface area contributed by atoms with Gasteiger partial charge in [-0.25, -0.2) is 9.59 Å². The number of benzene rings is 1. The molecule has 2 N–H and O–H groups in total. The second-order valence-corrected chi connectivity index (χ2v) is 5.18. The quantitative estimate of drug-likeness (QED) is 0.841. The van der Waals surface area contributed by atoms with Crippen LogP contribution in [0.1, 0.15) is 30.9 Å². The Hall–Kier alpha value is -2.25. The minimum atomic E-state index is -4.45. The van der Waals surface area contributed by atoms with Gasteiger partial charge >= 0.3 is 18.2 Å². The summed E-state index contributed by atoms with van der Waals surface area (Å²) in [7, 11) is 1.39. The van der Waals surface area contributed by atoms with Crippen molar-refractivity contribution in [2.75, 3.05) is 7.05 Å². The number of nitrogens with one attached hydrogen (secondary N) is 1. The Labute approximate surface area is 132 Å². The van der Waals surface area contributed by atoms with Crippen LogP contribution in [-0.2, 0) is 17.5 Å². The molecule has 2 amide bonds. The maximum Gasteiger partial charge on any atom is 0.416 e. The van der Waals surface area contributed by atoms with Gasteiger partial charge in [0, 0.05) is 13.6 Å². The zero-order valence-corrected chi connectivity index (χ0v) is 12.9. The fourth-order valence-corrected chi connectivity index (χ4v) is 2.00. The number of carbonyl (C=O) groups is 2. The summed E-state index contributed by atoms with van der Waals surface area (Å²) >= 11 is 0. The number of carboxylic acid groups (broad SMARTS) is 1. The summed E-state index contributed by atoms with van der Waals surface area (Å²) in [6.45, 7) is 1.72. The van der Waals surface area contributed by atoms with Crippen LogP contribution >= 0.6 is 0 Å². The summed E-state index contributed by atoms with van der Waals surface area (Å²) in [6.07, 6.45) is -3.60. The Balaban J connectivity index is 2.73. The molecule has 1 atom stereocenters. The van der Waals surface area contributed by atoms with Gasteiger partial charge in [-0.3, -0.25) is 0 Å². The number of amides is 2. The van der Waals surface area contributed by atoms with Crippen molar-refractivity contribution in [1.29, 1.82) is 0 Å². The van der Waals surface area contributed by atoms with E-state index in [1.54, 1.807) is 6.92 Å². The van der Waals surface area contributed by atoms with Gasteiger partial charge < -0.3 is 15.3 Å². The topological polar surface area (TPSA) is 69.6 Å². The molecule has 0 radical (unpaired) electrons. The van der Waals surface area contributed by atoms with Crippen molar-refractivity contribution < 1.29 is 27.9 Å². The molecule has 0 aromatic heterocycles. The van der Waals surface area contributed by atoms with Gasteiger partial charge in [0.25, 0.3) is 0 Å². The zero-order valence-electron chi connectivity index (χ0n) is 12.9. The third-order valence-electron chi connectivity index (χ3n) is 3.19. The lowest BCUT2D eigenvalue weighted by Crippen LogP contribution is -2.46. The van der Waals surface area contributed by atoms with Crippen LogP contribution in [0.25, 0.3) is 0 Å². The molecule has 0 unspecified atom stereocenters. The van der Waals surface area contributed by atoms with E-state index in [9.17, 15) is 22.8 Å². The number of hydrogen-bond acceptors (Lipinski definition) is 2. The van der Waals surface area contributed by atoms with Gasteiger partial charge in [-0.2, -0.15) is 13.2 Å². The molecule has 0 spiro atoms. The summed E-state index contributed by atoms with van der Waals surface area (Å²) in [5.41, 5.74) is -0.488. The predicted molar refractivity (Wildman–Crippen MR) is 77.8 cm³/mol. The minimum absolute atomic E-state index is 0.0613. The van der Waals surface area contributed by atoms with Gasteiger partial charge in [0.1, 0.15) is 6.04 Å². The molecular formula is C15H19F3N2O3. The van der Waals surface area contributed by atoms with Crippen LogP contribution < -0.4 is 5.32 Å². The van der Waals surface area contributed by atoms with E-state index in [4.69, 9.17) is 5.11 Å². The van der Waals surface area contributed by atoms with Crippen LogP contribution in [0.2, 0.25) is 0 Å². The first-order valence-electron chi connectivity index (χ1n) is 7.05. The first kappa shape index (κ1) is 18.8. The number of aliphatic carboxylic acids is 1. The predicted octanol–water partition coefficient (Wildman–Crippen LogP) is 3.10. The summed E-state index contributed by atoms with van der Waals surface area (Å²) < 4.78 is 38.0. The summed E-state index contributed by atoms with van der Waals surface area (Å²) in [6, 6.07) is 2.98. The Morgan fingerprint density at radius 1 is 1.35 bits per heavy atom. The highest BCUT2D eigenvalue weighted by Gasteiger charge is 2.30. The van der Waals surface area contributed by atoms with Crippen LogP contribution in [0, 0.1) is 0 Å². The first-order valence-corrected chi connectivity index (χ1v) is 7.05. The molecule has 0 fully saturated rings. The monoisotopic (exact) mass is 332 g/mol. The molecule has 0 aliphatic rings. The maximum atomic E-state index is 12.7. The third-order valence-corrected chi connectivity index (χ3v) is 3.19. The maximum absolute atomic E-state index is 12.7. The van der Waals surface area contributed by atoms with Gasteiger partial charge in [0.15, 0.2) is 0 Å². The largest absolute Gasteiger partial charge is 0.480 e. The number of rotatable bonds is 6. The smallest absolute Gasteiger partial charge is 0.416 e.